The summed E-state index contributed by atoms with van der Waals surface area (Å²) in [5, 5.41) is 0.430. The lowest BCUT2D eigenvalue weighted by atomic mass is 9.98. The number of carbonyl (C=O) groups excluding carboxylic acids is 1. The number of hydrogen-bond acceptors (Lipinski definition) is 3. The van der Waals surface area contributed by atoms with Crippen LogP contribution in [0.1, 0.15) is 48.0 Å². The zero-order chi connectivity index (χ0) is 21.3. The zero-order valence-corrected chi connectivity index (χ0v) is 17.3. The smallest absolute Gasteiger partial charge is 0.290 e. The molecule has 1 atom stereocenters. The minimum Gasteiger partial charge on any atom is -0.450 e. The predicted octanol–water partition coefficient (Wildman–Crippen LogP) is 2.79. The van der Waals surface area contributed by atoms with Gasteiger partial charge in [-0.05, 0) is 43.7 Å². The van der Waals surface area contributed by atoms with Gasteiger partial charge in [-0.15, -0.1) is 0 Å². The maximum Gasteiger partial charge on any atom is 0.290 e. The van der Waals surface area contributed by atoms with E-state index in [0.29, 0.717) is 28.6 Å². The van der Waals surface area contributed by atoms with Crippen molar-refractivity contribution in [1.82, 2.24) is 4.90 Å². The topological polar surface area (TPSA) is 55.0 Å². The first-order valence-corrected chi connectivity index (χ1v) is 10.5. The fourth-order valence-corrected chi connectivity index (χ4v) is 4.32. The van der Waals surface area contributed by atoms with E-state index in [0.717, 1.165) is 26.1 Å². The minimum absolute atomic E-state index is 0.0724. The van der Waals surface area contributed by atoms with Crippen molar-refractivity contribution in [3.05, 3.63) is 81.5 Å². The van der Waals surface area contributed by atoms with Crippen LogP contribution < -0.4 is 10.3 Å². The lowest BCUT2D eigenvalue weighted by molar-refractivity contribution is -0.896. The van der Waals surface area contributed by atoms with Crippen LogP contribution in [0, 0.1) is 5.82 Å². The Morgan fingerprint density at radius 1 is 1.07 bits per heavy atom. The second-order valence-corrected chi connectivity index (χ2v) is 7.69. The summed E-state index contributed by atoms with van der Waals surface area (Å²) in [6.07, 6.45) is 0.788. The molecule has 0 aliphatic carbocycles. The van der Waals surface area contributed by atoms with Crippen molar-refractivity contribution < 1.29 is 18.5 Å². The first-order valence-electron chi connectivity index (χ1n) is 10.5. The van der Waals surface area contributed by atoms with Crippen molar-refractivity contribution in [2.24, 2.45) is 0 Å². The molecule has 5 nitrogen and oxygen atoms in total. The lowest BCUT2D eigenvalue weighted by Crippen LogP contribution is -3.11. The number of amides is 1. The Morgan fingerprint density at radius 3 is 2.57 bits per heavy atom. The number of nitrogens with one attached hydrogen (secondary N) is 1. The number of rotatable bonds is 7. The minimum atomic E-state index is -0.643. The molecule has 0 unspecified atom stereocenters. The molecule has 1 N–H and O–H groups in total. The number of halogens is 1. The first-order chi connectivity index (χ1) is 14.5. The van der Waals surface area contributed by atoms with Gasteiger partial charge in [-0.25, -0.2) is 4.39 Å². The summed E-state index contributed by atoms with van der Waals surface area (Å²) in [5.41, 5.74) is 1.05. The molecule has 1 aliphatic rings. The molecule has 0 fully saturated rings. The average molecular weight is 409 g/mol. The molecule has 2 heterocycles. The second kappa shape index (κ2) is 8.40. The van der Waals surface area contributed by atoms with Gasteiger partial charge in [0.25, 0.3) is 5.91 Å². The largest absolute Gasteiger partial charge is 0.450 e. The molecule has 1 aliphatic heterocycles. The molecule has 6 heteroatoms. The van der Waals surface area contributed by atoms with E-state index in [9.17, 15) is 14.0 Å². The van der Waals surface area contributed by atoms with E-state index >= 15 is 0 Å². The van der Waals surface area contributed by atoms with Crippen molar-refractivity contribution in [3.63, 3.8) is 0 Å². The molecule has 156 valence electrons. The third-order valence-electron chi connectivity index (χ3n) is 5.97. The summed E-state index contributed by atoms with van der Waals surface area (Å²) < 4.78 is 19.9. The highest BCUT2D eigenvalue weighted by Crippen LogP contribution is 2.38. The van der Waals surface area contributed by atoms with Gasteiger partial charge >= 0.3 is 0 Å². The predicted molar refractivity (Wildman–Crippen MR) is 113 cm³/mol. The molecular weight excluding hydrogens is 383 g/mol. The van der Waals surface area contributed by atoms with Crippen LogP contribution in [-0.2, 0) is 0 Å². The van der Waals surface area contributed by atoms with Crippen molar-refractivity contribution in [2.75, 3.05) is 26.2 Å². The summed E-state index contributed by atoms with van der Waals surface area (Å²) in [6.45, 7) is 7.71. The van der Waals surface area contributed by atoms with E-state index in [2.05, 4.69) is 13.8 Å². The quantitative estimate of drug-likeness (QED) is 0.653. The van der Waals surface area contributed by atoms with E-state index in [1.54, 1.807) is 41.3 Å². The third kappa shape index (κ3) is 3.52. The van der Waals surface area contributed by atoms with Crippen LogP contribution in [-0.4, -0.2) is 37.0 Å². The van der Waals surface area contributed by atoms with E-state index in [1.165, 1.54) is 17.0 Å². The molecule has 1 amide bonds. The number of fused-ring (bicyclic) bond motifs is 2. The van der Waals surface area contributed by atoms with Gasteiger partial charge in [-0.3, -0.25) is 9.59 Å². The Balaban J connectivity index is 1.79. The highest BCUT2D eigenvalue weighted by molar-refractivity contribution is 5.99. The van der Waals surface area contributed by atoms with Crippen molar-refractivity contribution in [1.29, 1.82) is 0 Å². The summed E-state index contributed by atoms with van der Waals surface area (Å²) in [4.78, 5) is 29.7. The number of nitrogens with zero attached hydrogens (tertiary/aromatic N) is 1. The Hall–Kier alpha value is -2.99. The molecule has 0 radical (unpaired) electrons. The van der Waals surface area contributed by atoms with Gasteiger partial charge in [0.1, 0.15) is 11.4 Å². The van der Waals surface area contributed by atoms with Crippen LogP contribution in [0.2, 0.25) is 0 Å². The van der Waals surface area contributed by atoms with Gasteiger partial charge in [-0.1, -0.05) is 24.3 Å². The van der Waals surface area contributed by atoms with E-state index in [4.69, 9.17) is 4.42 Å². The maximum absolute atomic E-state index is 14.0. The molecule has 3 aromatic rings. The van der Waals surface area contributed by atoms with Gasteiger partial charge in [0.15, 0.2) is 5.43 Å². The molecule has 0 saturated carbocycles. The summed E-state index contributed by atoms with van der Waals surface area (Å²) in [6, 6.07) is 12.4. The van der Waals surface area contributed by atoms with Crippen LogP contribution in [0.3, 0.4) is 0 Å². The highest BCUT2D eigenvalue weighted by atomic mass is 19.1. The fourth-order valence-electron chi connectivity index (χ4n) is 4.32. The molecule has 1 aromatic heterocycles. The van der Waals surface area contributed by atoms with Crippen LogP contribution in [0.5, 0.6) is 0 Å². The Labute approximate surface area is 174 Å². The Morgan fingerprint density at radius 2 is 1.83 bits per heavy atom. The number of carbonyl (C=O) groups is 1. The van der Waals surface area contributed by atoms with Gasteiger partial charge < -0.3 is 14.2 Å². The first kappa shape index (κ1) is 20.3. The van der Waals surface area contributed by atoms with Crippen LogP contribution in [0.4, 0.5) is 4.39 Å². The number of benzene rings is 2. The number of para-hydroxylation sites is 1. The molecule has 4 rings (SSSR count). The van der Waals surface area contributed by atoms with Gasteiger partial charge in [-0.2, -0.15) is 0 Å². The summed E-state index contributed by atoms with van der Waals surface area (Å²) in [7, 11) is 0. The van der Waals surface area contributed by atoms with Crippen LogP contribution >= 0.6 is 0 Å². The normalized spacial score (nSPS) is 15.9. The van der Waals surface area contributed by atoms with E-state index in [1.807, 2.05) is 0 Å². The number of quaternary nitrogens is 1. The monoisotopic (exact) mass is 409 g/mol. The van der Waals surface area contributed by atoms with Crippen molar-refractivity contribution >= 4 is 16.9 Å². The van der Waals surface area contributed by atoms with Gasteiger partial charge in [0.05, 0.1) is 36.6 Å². The molecule has 0 saturated heterocycles. The van der Waals surface area contributed by atoms with E-state index in [-0.39, 0.29) is 17.1 Å². The van der Waals surface area contributed by atoms with Gasteiger partial charge in [0.2, 0.25) is 5.76 Å². The fraction of sp³-hybridized carbons (Fsp3) is 0.333. The highest BCUT2D eigenvalue weighted by Gasteiger charge is 2.42. The SMILES string of the molecule is CC[NH+](CC)CCCN1C(=O)c2oc3ccccc3c(=O)c2[C@@H]1c1cccc(F)c1. The third-order valence-corrected chi connectivity index (χ3v) is 5.97. The summed E-state index contributed by atoms with van der Waals surface area (Å²) in [5.74, 6) is -0.633. The lowest BCUT2D eigenvalue weighted by Gasteiger charge is -2.26. The molecule has 2 aromatic carbocycles. The molecule has 30 heavy (non-hydrogen) atoms. The zero-order valence-electron chi connectivity index (χ0n) is 17.3. The van der Waals surface area contributed by atoms with Crippen LogP contribution in [0.15, 0.2) is 57.7 Å². The Kier molecular flexibility index (Phi) is 5.68. The second-order valence-electron chi connectivity index (χ2n) is 7.69. The standard InChI is InChI=1S/C24H25FN2O3/c1-3-26(4-2)13-8-14-27-21(16-9-7-10-17(25)15-16)20-22(28)18-11-5-6-12-19(18)30-23(20)24(27)29/h5-7,9-12,15,21H,3-4,8,13-14H2,1-2H3/p+1/t21-/m0/s1. The molecule has 0 bridgehead atoms. The molecular formula is C24H26FN2O3+. The van der Waals surface area contributed by atoms with Crippen LogP contribution in [0.25, 0.3) is 11.0 Å². The molecule has 0 spiro atoms. The van der Waals surface area contributed by atoms with E-state index < -0.39 is 11.9 Å². The average Bonchev–Trinajstić information content (AvgIpc) is 3.03. The Bertz CT molecular complexity index is 1140. The summed E-state index contributed by atoms with van der Waals surface area (Å²) >= 11 is 0. The van der Waals surface area contributed by atoms with Gasteiger partial charge in [0, 0.05) is 13.0 Å². The number of hydrogen-bond donors (Lipinski definition) is 1. The maximum atomic E-state index is 14.0. The van der Waals surface area contributed by atoms with Crippen molar-refractivity contribution in [3.8, 4) is 0 Å². The van der Waals surface area contributed by atoms with Crippen molar-refractivity contribution in [2.45, 2.75) is 26.3 Å².